The molecule has 0 radical (unpaired) electrons. The average molecular weight is 355 g/mol. The van der Waals surface area contributed by atoms with Gasteiger partial charge in [-0.2, -0.15) is 5.10 Å². The van der Waals surface area contributed by atoms with Gasteiger partial charge < -0.3 is 9.64 Å². The van der Waals surface area contributed by atoms with Crippen molar-refractivity contribution in [1.82, 2.24) is 14.7 Å². The van der Waals surface area contributed by atoms with E-state index in [0.29, 0.717) is 5.91 Å². The summed E-state index contributed by atoms with van der Waals surface area (Å²) >= 11 is 0. The smallest absolute Gasteiger partial charge is 0.226 e. The zero-order chi connectivity index (χ0) is 17.7. The molecule has 2 saturated heterocycles. The topological polar surface area (TPSA) is 47.4 Å². The molecule has 3 heterocycles. The minimum absolute atomic E-state index is 0.127. The maximum absolute atomic E-state index is 13.1. The third-order valence-electron chi connectivity index (χ3n) is 6.97. The van der Waals surface area contributed by atoms with Gasteiger partial charge in [0, 0.05) is 49.1 Å². The highest BCUT2D eigenvalue weighted by atomic mass is 16.5. The fourth-order valence-electron chi connectivity index (χ4n) is 5.30. The molecule has 140 valence electrons. The van der Waals surface area contributed by atoms with Gasteiger partial charge in [0.25, 0.3) is 0 Å². The van der Waals surface area contributed by atoms with Crippen molar-refractivity contribution in [3.63, 3.8) is 0 Å². The van der Waals surface area contributed by atoms with Crippen molar-refractivity contribution in [2.45, 2.75) is 51.4 Å². The van der Waals surface area contributed by atoms with Crippen LogP contribution in [-0.2, 0) is 29.4 Å². The quantitative estimate of drug-likeness (QED) is 0.819. The molecule has 2 aliphatic heterocycles. The number of rotatable bonds is 2. The number of hydrogen-bond acceptors (Lipinski definition) is 3. The first-order valence-electron chi connectivity index (χ1n) is 10.3. The van der Waals surface area contributed by atoms with E-state index in [1.54, 1.807) is 0 Å². The van der Waals surface area contributed by atoms with E-state index in [0.717, 1.165) is 58.4 Å². The standard InChI is InChI=1S/C21H29N3O2/c1-23-18-11-16(20(25)24-10-9-21(12-24)13-26-14-21)7-8-17(18)19(22-23)15-5-3-2-4-6-15/h5,16H,2-4,6-14H2,1H3. The lowest BCUT2D eigenvalue weighted by atomic mass is 9.83. The predicted molar refractivity (Wildman–Crippen MR) is 99.6 cm³/mol. The van der Waals surface area contributed by atoms with E-state index in [2.05, 4.69) is 18.0 Å². The van der Waals surface area contributed by atoms with Crippen LogP contribution in [0.3, 0.4) is 0 Å². The summed E-state index contributed by atoms with van der Waals surface area (Å²) in [5.74, 6) is 0.487. The second-order valence-electron chi connectivity index (χ2n) is 8.81. The highest BCUT2D eigenvalue weighted by Crippen LogP contribution is 2.40. The lowest BCUT2D eigenvalue weighted by molar-refractivity contribution is -0.139. The van der Waals surface area contributed by atoms with Crippen LogP contribution in [0.1, 0.15) is 55.5 Å². The van der Waals surface area contributed by atoms with Gasteiger partial charge in [-0.15, -0.1) is 0 Å². The minimum Gasteiger partial charge on any atom is -0.380 e. The molecule has 1 amide bonds. The number of allylic oxidation sites excluding steroid dienone is 2. The van der Waals surface area contributed by atoms with Crippen molar-refractivity contribution in [2.24, 2.45) is 18.4 Å². The molecule has 5 rings (SSSR count). The maximum atomic E-state index is 13.1. The molecule has 1 unspecified atom stereocenters. The molecule has 26 heavy (non-hydrogen) atoms. The van der Waals surface area contributed by atoms with Crippen LogP contribution in [0.25, 0.3) is 5.57 Å². The lowest BCUT2D eigenvalue weighted by Gasteiger charge is -2.38. The molecule has 0 aromatic carbocycles. The van der Waals surface area contributed by atoms with Gasteiger partial charge in [0.1, 0.15) is 0 Å². The Kier molecular flexibility index (Phi) is 3.96. The zero-order valence-electron chi connectivity index (χ0n) is 15.8. The molecule has 4 aliphatic rings. The molecule has 5 nitrogen and oxygen atoms in total. The molecular formula is C21H29N3O2. The van der Waals surface area contributed by atoms with Crippen molar-refractivity contribution in [2.75, 3.05) is 26.3 Å². The normalized spacial score (nSPS) is 27.2. The molecule has 2 fully saturated rings. The van der Waals surface area contributed by atoms with Crippen LogP contribution in [0.15, 0.2) is 6.08 Å². The summed E-state index contributed by atoms with van der Waals surface area (Å²) in [5, 5.41) is 4.86. The summed E-state index contributed by atoms with van der Waals surface area (Å²) in [6.45, 7) is 3.49. The number of nitrogens with zero attached hydrogens (tertiary/aromatic N) is 3. The number of carbonyl (C=O) groups excluding carboxylic acids is 1. The Bertz CT molecular complexity index is 760. The van der Waals surface area contributed by atoms with Gasteiger partial charge in [-0.05, 0) is 50.5 Å². The fourth-order valence-corrected chi connectivity index (χ4v) is 5.30. The summed E-state index contributed by atoms with van der Waals surface area (Å²) in [6, 6.07) is 0. The molecule has 0 bridgehead atoms. The molecule has 2 aliphatic carbocycles. The summed E-state index contributed by atoms with van der Waals surface area (Å²) in [6.07, 6.45) is 11.2. The number of fused-ring (bicyclic) bond motifs is 1. The van der Waals surface area contributed by atoms with Gasteiger partial charge in [0.2, 0.25) is 5.91 Å². The third kappa shape index (κ3) is 2.63. The van der Waals surface area contributed by atoms with Crippen molar-refractivity contribution >= 4 is 11.5 Å². The molecule has 0 N–H and O–H groups in total. The van der Waals surface area contributed by atoms with Crippen LogP contribution in [-0.4, -0.2) is 46.9 Å². The SMILES string of the molecule is Cn1nc(C2=CCCCC2)c2c1CC(C(=O)N1CCC3(COC3)C1)CC2. The molecule has 1 atom stereocenters. The third-order valence-corrected chi connectivity index (χ3v) is 6.97. The van der Waals surface area contributed by atoms with Crippen molar-refractivity contribution in [3.05, 3.63) is 23.0 Å². The number of hydrogen-bond donors (Lipinski definition) is 0. The maximum Gasteiger partial charge on any atom is 0.226 e. The lowest BCUT2D eigenvalue weighted by Crippen LogP contribution is -2.46. The summed E-state index contributed by atoms with van der Waals surface area (Å²) in [4.78, 5) is 15.2. The van der Waals surface area contributed by atoms with Crippen LogP contribution >= 0.6 is 0 Å². The highest BCUT2D eigenvalue weighted by Gasteiger charge is 2.46. The second-order valence-corrected chi connectivity index (χ2v) is 8.81. The Morgan fingerprint density at radius 3 is 2.88 bits per heavy atom. The Labute approximate surface area is 155 Å². The van der Waals surface area contributed by atoms with Crippen molar-refractivity contribution in [1.29, 1.82) is 0 Å². The van der Waals surface area contributed by atoms with E-state index >= 15 is 0 Å². The van der Waals surface area contributed by atoms with Gasteiger partial charge in [-0.3, -0.25) is 9.48 Å². The van der Waals surface area contributed by atoms with E-state index in [9.17, 15) is 4.79 Å². The average Bonchev–Trinajstić information content (AvgIpc) is 3.24. The highest BCUT2D eigenvalue weighted by molar-refractivity contribution is 5.80. The van der Waals surface area contributed by atoms with Gasteiger partial charge in [-0.25, -0.2) is 0 Å². The van der Waals surface area contributed by atoms with Gasteiger partial charge in [-0.1, -0.05) is 6.08 Å². The van der Waals surface area contributed by atoms with E-state index in [4.69, 9.17) is 9.84 Å². The number of amides is 1. The first-order valence-corrected chi connectivity index (χ1v) is 10.3. The molecule has 0 saturated carbocycles. The van der Waals surface area contributed by atoms with Crippen molar-refractivity contribution < 1.29 is 9.53 Å². The fraction of sp³-hybridized carbons (Fsp3) is 0.714. The molecule has 5 heteroatoms. The summed E-state index contributed by atoms with van der Waals surface area (Å²) in [7, 11) is 2.05. The second kappa shape index (κ2) is 6.22. The number of carbonyl (C=O) groups is 1. The van der Waals surface area contributed by atoms with E-state index in [1.807, 2.05) is 4.68 Å². The number of aromatic nitrogens is 2. The number of aryl methyl sites for hydroxylation is 1. The van der Waals surface area contributed by atoms with Gasteiger partial charge in [0.15, 0.2) is 0 Å². The number of likely N-dealkylation sites (tertiary alicyclic amines) is 1. The summed E-state index contributed by atoms with van der Waals surface area (Å²) in [5.41, 5.74) is 5.64. The predicted octanol–water partition coefficient (Wildman–Crippen LogP) is 2.73. The van der Waals surface area contributed by atoms with E-state index < -0.39 is 0 Å². The zero-order valence-corrected chi connectivity index (χ0v) is 15.8. The molecule has 1 spiro atoms. The molecular weight excluding hydrogens is 326 g/mol. The van der Waals surface area contributed by atoms with Crippen LogP contribution < -0.4 is 0 Å². The first-order chi connectivity index (χ1) is 12.7. The monoisotopic (exact) mass is 355 g/mol. The Balaban J connectivity index is 1.33. The van der Waals surface area contributed by atoms with E-state index in [-0.39, 0.29) is 11.3 Å². The largest absolute Gasteiger partial charge is 0.380 e. The Morgan fingerprint density at radius 1 is 1.31 bits per heavy atom. The molecule has 1 aromatic heterocycles. The van der Waals surface area contributed by atoms with E-state index in [1.165, 1.54) is 41.8 Å². The number of ether oxygens (including phenoxy) is 1. The Morgan fingerprint density at radius 2 is 2.19 bits per heavy atom. The van der Waals surface area contributed by atoms with Gasteiger partial charge in [0.05, 0.1) is 18.9 Å². The first kappa shape index (κ1) is 16.5. The van der Waals surface area contributed by atoms with Crippen LogP contribution in [0.2, 0.25) is 0 Å². The van der Waals surface area contributed by atoms with Crippen LogP contribution in [0.4, 0.5) is 0 Å². The minimum atomic E-state index is 0.127. The van der Waals surface area contributed by atoms with Gasteiger partial charge >= 0.3 is 0 Å². The Hall–Kier alpha value is -1.62. The van der Waals surface area contributed by atoms with Crippen LogP contribution in [0, 0.1) is 11.3 Å². The molecule has 1 aromatic rings. The summed E-state index contributed by atoms with van der Waals surface area (Å²) < 4.78 is 7.45. The van der Waals surface area contributed by atoms with Crippen molar-refractivity contribution in [3.8, 4) is 0 Å². The van der Waals surface area contributed by atoms with Crippen LogP contribution in [0.5, 0.6) is 0 Å².